The van der Waals surface area contributed by atoms with Crippen LogP contribution in [-0.2, 0) is 10.0 Å². The first-order chi connectivity index (χ1) is 9.25. The van der Waals surface area contributed by atoms with Crippen molar-refractivity contribution in [1.82, 2.24) is 4.31 Å². The minimum absolute atomic E-state index is 0.00474. The number of hydrogen-bond acceptors (Lipinski definition) is 4. The largest absolute Gasteiger partial charge is 0.382 e. The van der Waals surface area contributed by atoms with Gasteiger partial charge in [0.2, 0.25) is 10.0 Å². The molecular formula is C14H25N3O2S. The van der Waals surface area contributed by atoms with E-state index in [9.17, 15) is 8.42 Å². The van der Waals surface area contributed by atoms with Crippen LogP contribution >= 0.6 is 0 Å². The Morgan fingerprint density at radius 3 is 2.40 bits per heavy atom. The zero-order valence-electron chi connectivity index (χ0n) is 12.6. The lowest BCUT2D eigenvalue weighted by Gasteiger charge is -2.19. The Balaban J connectivity index is 2.87. The Bertz CT molecular complexity index is 527. The Labute approximate surface area is 122 Å². The van der Waals surface area contributed by atoms with E-state index < -0.39 is 10.0 Å². The quantitative estimate of drug-likeness (QED) is 0.804. The summed E-state index contributed by atoms with van der Waals surface area (Å²) in [5.41, 5.74) is 6.62. The molecule has 0 saturated carbocycles. The van der Waals surface area contributed by atoms with Gasteiger partial charge in [-0.1, -0.05) is 26.0 Å². The van der Waals surface area contributed by atoms with Crippen LogP contribution in [0.1, 0.15) is 20.3 Å². The van der Waals surface area contributed by atoms with Crippen molar-refractivity contribution in [3.63, 3.8) is 0 Å². The van der Waals surface area contributed by atoms with Gasteiger partial charge in [-0.15, -0.1) is 0 Å². The van der Waals surface area contributed by atoms with Gasteiger partial charge in [0, 0.05) is 26.7 Å². The van der Waals surface area contributed by atoms with Gasteiger partial charge in [0.1, 0.15) is 4.90 Å². The van der Waals surface area contributed by atoms with Gasteiger partial charge < -0.3 is 11.1 Å². The second-order valence-electron chi connectivity index (χ2n) is 5.55. The van der Waals surface area contributed by atoms with Crippen molar-refractivity contribution < 1.29 is 8.42 Å². The molecule has 0 heterocycles. The van der Waals surface area contributed by atoms with E-state index in [4.69, 9.17) is 5.73 Å². The standard InChI is InChI=1S/C14H25N3O2S/c1-11(2)9-12(15)10-16-13-7-5-6-8-14(13)20(18,19)17(3)4/h5-8,11-12,16H,9-10,15H2,1-4H3. The second-order valence-corrected chi connectivity index (χ2v) is 7.67. The van der Waals surface area contributed by atoms with Crippen molar-refractivity contribution in [2.24, 2.45) is 11.7 Å². The second kappa shape index (κ2) is 7.06. The van der Waals surface area contributed by atoms with Crippen LogP contribution in [0, 0.1) is 5.92 Å². The molecule has 3 N–H and O–H groups in total. The molecule has 5 nitrogen and oxygen atoms in total. The van der Waals surface area contributed by atoms with Gasteiger partial charge in [0.05, 0.1) is 5.69 Å². The smallest absolute Gasteiger partial charge is 0.244 e. The van der Waals surface area contributed by atoms with Crippen molar-refractivity contribution in [1.29, 1.82) is 0 Å². The fraction of sp³-hybridized carbons (Fsp3) is 0.571. The van der Waals surface area contributed by atoms with Crippen molar-refractivity contribution in [3.8, 4) is 0 Å². The molecule has 0 bridgehead atoms. The topological polar surface area (TPSA) is 75.4 Å². The summed E-state index contributed by atoms with van der Waals surface area (Å²) in [5, 5.41) is 3.15. The van der Waals surface area contributed by atoms with Crippen LogP contribution in [0.15, 0.2) is 29.2 Å². The third-order valence-electron chi connectivity index (χ3n) is 2.97. The molecule has 114 valence electrons. The van der Waals surface area contributed by atoms with E-state index in [2.05, 4.69) is 19.2 Å². The fourth-order valence-corrected chi connectivity index (χ4v) is 3.03. The van der Waals surface area contributed by atoms with E-state index in [1.807, 2.05) is 6.07 Å². The molecule has 1 aromatic rings. The minimum Gasteiger partial charge on any atom is -0.382 e. The first kappa shape index (κ1) is 16.9. The SMILES string of the molecule is CC(C)CC(N)CNc1ccccc1S(=O)(=O)N(C)C. The van der Waals surface area contributed by atoms with Gasteiger partial charge in [-0.05, 0) is 24.5 Å². The van der Waals surface area contributed by atoms with Crippen molar-refractivity contribution in [3.05, 3.63) is 24.3 Å². The molecular weight excluding hydrogens is 274 g/mol. The van der Waals surface area contributed by atoms with Gasteiger partial charge in [-0.25, -0.2) is 12.7 Å². The van der Waals surface area contributed by atoms with Crippen LogP contribution in [0.3, 0.4) is 0 Å². The molecule has 0 aliphatic carbocycles. The Morgan fingerprint density at radius 2 is 1.85 bits per heavy atom. The number of nitrogens with two attached hydrogens (primary N) is 1. The average molecular weight is 299 g/mol. The maximum absolute atomic E-state index is 12.2. The molecule has 1 atom stereocenters. The molecule has 6 heteroatoms. The molecule has 0 aromatic heterocycles. The highest BCUT2D eigenvalue weighted by Gasteiger charge is 2.20. The van der Waals surface area contributed by atoms with Crippen LogP contribution in [0.2, 0.25) is 0 Å². The minimum atomic E-state index is -3.45. The van der Waals surface area contributed by atoms with E-state index in [1.165, 1.54) is 18.4 Å². The van der Waals surface area contributed by atoms with Crippen molar-refractivity contribution in [2.45, 2.75) is 31.2 Å². The highest BCUT2D eigenvalue weighted by Crippen LogP contribution is 2.23. The van der Waals surface area contributed by atoms with Gasteiger partial charge in [0.25, 0.3) is 0 Å². The summed E-state index contributed by atoms with van der Waals surface area (Å²) in [5.74, 6) is 0.521. The maximum Gasteiger partial charge on any atom is 0.244 e. The van der Waals surface area contributed by atoms with Crippen molar-refractivity contribution in [2.75, 3.05) is 26.0 Å². The molecule has 20 heavy (non-hydrogen) atoms. The Hall–Kier alpha value is -1.11. The first-order valence-electron chi connectivity index (χ1n) is 6.76. The molecule has 0 amide bonds. The molecule has 0 aliphatic heterocycles. The third-order valence-corrected chi connectivity index (χ3v) is 4.85. The van der Waals surface area contributed by atoms with Crippen LogP contribution < -0.4 is 11.1 Å². The van der Waals surface area contributed by atoms with Gasteiger partial charge in [-0.2, -0.15) is 0 Å². The summed E-state index contributed by atoms with van der Waals surface area (Å²) < 4.78 is 25.7. The monoisotopic (exact) mass is 299 g/mol. The zero-order chi connectivity index (χ0) is 15.3. The Kier molecular flexibility index (Phi) is 5.98. The molecule has 0 saturated heterocycles. The van der Waals surface area contributed by atoms with Gasteiger partial charge in [-0.3, -0.25) is 0 Å². The van der Waals surface area contributed by atoms with Gasteiger partial charge >= 0.3 is 0 Å². The lowest BCUT2D eigenvalue weighted by Crippen LogP contribution is -2.31. The summed E-state index contributed by atoms with van der Waals surface area (Å²) in [6.45, 7) is 4.78. The molecule has 0 fully saturated rings. The number of para-hydroxylation sites is 1. The molecule has 0 aliphatic rings. The highest BCUT2D eigenvalue weighted by atomic mass is 32.2. The molecule has 1 unspecified atom stereocenters. The average Bonchev–Trinajstić information content (AvgIpc) is 2.35. The molecule has 0 spiro atoms. The maximum atomic E-state index is 12.2. The summed E-state index contributed by atoms with van der Waals surface area (Å²) in [7, 11) is -0.400. The van der Waals surface area contributed by atoms with E-state index in [0.717, 1.165) is 6.42 Å². The predicted molar refractivity (Wildman–Crippen MR) is 83.2 cm³/mol. The van der Waals surface area contributed by atoms with Gasteiger partial charge in [0.15, 0.2) is 0 Å². The zero-order valence-corrected chi connectivity index (χ0v) is 13.4. The number of rotatable bonds is 7. The van der Waals surface area contributed by atoms with E-state index in [1.54, 1.807) is 18.2 Å². The number of benzene rings is 1. The van der Waals surface area contributed by atoms with E-state index in [-0.39, 0.29) is 10.9 Å². The predicted octanol–water partition coefficient (Wildman–Crippen LogP) is 1.72. The molecule has 1 rings (SSSR count). The number of hydrogen-bond donors (Lipinski definition) is 2. The summed E-state index contributed by atoms with van der Waals surface area (Å²) >= 11 is 0. The number of nitrogens with zero attached hydrogens (tertiary/aromatic N) is 1. The fourth-order valence-electron chi connectivity index (χ4n) is 1.96. The van der Waals surface area contributed by atoms with Crippen LogP contribution in [0.25, 0.3) is 0 Å². The lowest BCUT2D eigenvalue weighted by atomic mass is 10.0. The van der Waals surface area contributed by atoms with Crippen molar-refractivity contribution >= 4 is 15.7 Å². The number of anilines is 1. The normalized spacial score (nSPS) is 13.8. The van der Waals surface area contributed by atoms with Crippen LogP contribution in [-0.4, -0.2) is 39.4 Å². The van der Waals surface area contributed by atoms with Crippen LogP contribution in [0.5, 0.6) is 0 Å². The summed E-state index contributed by atoms with van der Waals surface area (Å²) in [6, 6.07) is 6.90. The first-order valence-corrected chi connectivity index (χ1v) is 8.20. The third kappa shape index (κ3) is 4.47. The van der Waals surface area contributed by atoms with Crippen LogP contribution in [0.4, 0.5) is 5.69 Å². The number of nitrogens with one attached hydrogen (secondary N) is 1. The number of sulfonamides is 1. The molecule has 1 aromatic carbocycles. The lowest BCUT2D eigenvalue weighted by molar-refractivity contribution is 0.507. The summed E-state index contributed by atoms with van der Waals surface area (Å²) in [6.07, 6.45) is 0.898. The highest BCUT2D eigenvalue weighted by molar-refractivity contribution is 7.89. The molecule has 0 radical (unpaired) electrons. The Morgan fingerprint density at radius 1 is 1.25 bits per heavy atom. The summed E-state index contributed by atoms with van der Waals surface area (Å²) in [4.78, 5) is 0.279. The van der Waals surface area contributed by atoms with E-state index in [0.29, 0.717) is 18.2 Å². The van der Waals surface area contributed by atoms with E-state index >= 15 is 0 Å².